The summed E-state index contributed by atoms with van der Waals surface area (Å²) in [5.41, 5.74) is 1.35. The van der Waals surface area contributed by atoms with E-state index in [-0.39, 0.29) is 0 Å². The molecular formula is C18H27NO2S. The van der Waals surface area contributed by atoms with Crippen LogP contribution in [0.15, 0.2) is 18.2 Å². The van der Waals surface area contributed by atoms with E-state index >= 15 is 0 Å². The quantitative estimate of drug-likeness (QED) is 0.896. The molecule has 2 saturated heterocycles. The van der Waals surface area contributed by atoms with Crippen molar-refractivity contribution in [2.45, 2.75) is 50.7 Å². The Morgan fingerprint density at radius 2 is 2.00 bits per heavy atom. The summed E-state index contributed by atoms with van der Waals surface area (Å²) in [6.45, 7) is 1.16. The Kier molecular flexibility index (Phi) is 5.90. The Morgan fingerprint density at radius 3 is 2.73 bits per heavy atom. The fourth-order valence-corrected chi connectivity index (χ4v) is 4.36. The molecular weight excluding hydrogens is 294 g/mol. The SMILES string of the molecule is COc1ccc(CC2CCCCN2)cc1OC1CCSCC1. The largest absolute Gasteiger partial charge is 0.493 e. The highest BCUT2D eigenvalue weighted by atomic mass is 32.2. The Hall–Kier alpha value is -0.870. The molecule has 22 heavy (non-hydrogen) atoms. The van der Waals surface area contributed by atoms with Gasteiger partial charge in [0.1, 0.15) is 6.10 Å². The highest BCUT2D eigenvalue weighted by Crippen LogP contribution is 2.32. The monoisotopic (exact) mass is 321 g/mol. The number of nitrogens with one attached hydrogen (secondary N) is 1. The third-order valence-corrected chi connectivity index (χ3v) is 5.63. The van der Waals surface area contributed by atoms with Gasteiger partial charge >= 0.3 is 0 Å². The second-order valence-electron chi connectivity index (χ2n) is 6.27. The van der Waals surface area contributed by atoms with Crippen LogP contribution in [0, 0.1) is 0 Å². The lowest BCUT2D eigenvalue weighted by molar-refractivity contribution is 0.184. The van der Waals surface area contributed by atoms with E-state index in [0.29, 0.717) is 12.1 Å². The predicted octanol–water partition coefficient (Wildman–Crippen LogP) is 3.65. The molecule has 0 radical (unpaired) electrons. The van der Waals surface area contributed by atoms with Gasteiger partial charge in [-0.05, 0) is 67.9 Å². The van der Waals surface area contributed by atoms with E-state index in [2.05, 4.69) is 23.5 Å². The van der Waals surface area contributed by atoms with Crippen LogP contribution in [0.5, 0.6) is 11.5 Å². The first-order chi connectivity index (χ1) is 10.8. The third-order valence-electron chi connectivity index (χ3n) is 4.58. The van der Waals surface area contributed by atoms with Gasteiger partial charge in [0.25, 0.3) is 0 Å². The number of rotatable bonds is 5. The molecule has 0 aliphatic carbocycles. The average molecular weight is 321 g/mol. The van der Waals surface area contributed by atoms with Gasteiger partial charge in [0.05, 0.1) is 7.11 Å². The fraction of sp³-hybridized carbons (Fsp3) is 0.667. The molecule has 2 fully saturated rings. The maximum absolute atomic E-state index is 6.25. The summed E-state index contributed by atoms with van der Waals surface area (Å²) in [4.78, 5) is 0. The summed E-state index contributed by atoms with van der Waals surface area (Å²) in [5.74, 6) is 4.20. The molecule has 0 aromatic heterocycles. The van der Waals surface area contributed by atoms with Crippen LogP contribution >= 0.6 is 11.8 Å². The smallest absolute Gasteiger partial charge is 0.161 e. The van der Waals surface area contributed by atoms with E-state index in [0.717, 1.165) is 37.3 Å². The van der Waals surface area contributed by atoms with E-state index in [1.54, 1.807) is 7.11 Å². The number of benzene rings is 1. The Bertz CT molecular complexity index is 468. The topological polar surface area (TPSA) is 30.5 Å². The van der Waals surface area contributed by atoms with E-state index in [9.17, 15) is 0 Å². The molecule has 0 saturated carbocycles. The molecule has 1 N–H and O–H groups in total. The Labute approximate surface area is 138 Å². The molecule has 2 heterocycles. The molecule has 3 rings (SSSR count). The standard InChI is InChI=1S/C18H27NO2S/c1-20-17-6-5-14(12-15-4-2-3-9-19-15)13-18(17)21-16-7-10-22-11-8-16/h5-6,13,15-16,19H,2-4,7-12H2,1H3. The van der Waals surface area contributed by atoms with Crippen molar-refractivity contribution in [2.75, 3.05) is 25.2 Å². The van der Waals surface area contributed by atoms with E-state index in [4.69, 9.17) is 9.47 Å². The van der Waals surface area contributed by atoms with Crippen molar-refractivity contribution < 1.29 is 9.47 Å². The number of hydrogen-bond donors (Lipinski definition) is 1. The highest BCUT2D eigenvalue weighted by Gasteiger charge is 2.19. The summed E-state index contributed by atoms with van der Waals surface area (Å²) in [5, 5.41) is 3.62. The van der Waals surface area contributed by atoms with Crippen LogP contribution in [-0.2, 0) is 6.42 Å². The maximum atomic E-state index is 6.25. The first-order valence-electron chi connectivity index (χ1n) is 8.50. The zero-order chi connectivity index (χ0) is 15.2. The number of methoxy groups -OCH3 is 1. The van der Waals surface area contributed by atoms with Crippen molar-refractivity contribution >= 4 is 11.8 Å². The molecule has 122 valence electrons. The van der Waals surface area contributed by atoms with Crippen molar-refractivity contribution in [1.82, 2.24) is 5.32 Å². The van der Waals surface area contributed by atoms with Gasteiger partial charge in [-0.25, -0.2) is 0 Å². The lowest BCUT2D eigenvalue weighted by Crippen LogP contribution is -2.35. The second-order valence-corrected chi connectivity index (χ2v) is 7.49. The molecule has 3 nitrogen and oxygen atoms in total. The van der Waals surface area contributed by atoms with Gasteiger partial charge in [-0.3, -0.25) is 0 Å². The fourth-order valence-electron chi connectivity index (χ4n) is 3.30. The zero-order valence-corrected chi connectivity index (χ0v) is 14.3. The minimum atomic E-state index is 0.346. The van der Waals surface area contributed by atoms with Crippen molar-refractivity contribution in [3.63, 3.8) is 0 Å². The van der Waals surface area contributed by atoms with Gasteiger partial charge in [-0.2, -0.15) is 11.8 Å². The lowest BCUT2D eigenvalue weighted by Gasteiger charge is -2.25. The summed E-state index contributed by atoms with van der Waals surface area (Å²) in [6, 6.07) is 7.04. The van der Waals surface area contributed by atoms with Crippen LogP contribution in [0.4, 0.5) is 0 Å². The van der Waals surface area contributed by atoms with Crippen molar-refractivity contribution in [2.24, 2.45) is 0 Å². The Balaban J connectivity index is 1.67. The van der Waals surface area contributed by atoms with Crippen LogP contribution in [0.2, 0.25) is 0 Å². The van der Waals surface area contributed by atoms with E-state index < -0.39 is 0 Å². The first kappa shape index (κ1) is 16.0. The first-order valence-corrected chi connectivity index (χ1v) is 9.65. The van der Waals surface area contributed by atoms with Crippen molar-refractivity contribution in [3.05, 3.63) is 23.8 Å². The molecule has 1 unspecified atom stereocenters. The number of thioether (sulfide) groups is 1. The second kappa shape index (κ2) is 8.11. The van der Waals surface area contributed by atoms with Crippen LogP contribution in [0.3, 0.4) is 0 Å². The predicted molar refractivity (Wildman–Crippen MR) is 93.3 cm³/mol. The van der Waals surface area contributed by atoms with E-state index in [1.807, 2.05) is 11.8 Å². The van der Waals surface area contributed by atoms with Crippen LogP contribution in [0.1, 0.15) is 37.7 Å². The third kappa shape index (κ3) is 4.32. The minimum Gasteiger partial charge on any atom is -0.493 e. The number of hydrogen-bond acceptors (Lipinski definition) is 4. The molecule has 0 bridgehead atoms. The molecule has 0 spiro atoms. The summed E-state index contributed by atoms with van der Waals surface area (Å²) >= 11 is 2.03. The summed E-state index contributed by atoms with van der Waals surface area (Å²) < 4.78 is 11.7. The van der Waals surface area contributed by atoms with Gasteiger partial charge in [0, 0.05) is 6.04 Å². The molecule has 0 amide bonds. The minimum absolute atomic E-state index is 0.346. The van der Waals surface area contributed by atoms with Gasteiger partial charge in [-0.15, -0.1) is 0 Å². The summed E-state index contributed by atoms with van der Waals surface area (Å²) in [7, 11) is 1.72. The van der Waals surface area contributed by atoms with Gasteiger partial charge in [0.15, 0.2) is 11.5 Å². The van der Waals surface area contributed by atoms with Gasteiger partial charge < -0.3 is 14.8 Å². The summed E-state index contributed by atoms with van der Waals surface area (Å²) in [6.07, 6.45) is 7.65. The van der Waals surface area contributed by atoms with Gasteiger partial charge in [0.2, 0.25) is 0 Å². The van der Waals surface area contributed by atoms with Crippen molar-refractivity contribution in [1.29, 1.82) is 0 Å². The van der Waals surface area contributed by atoms with Crippen LogP contribution < -0.4 is 14.8 Å². The normalized spacial score (nSPS) is 23.2. The molecule has 4 heteroatoms. The van der Waals surface area contributed by atoms with Gasteiger partial charge in [-0.1, -0.05) is 12.5 Å². The Morgan fingerprint density at radius 1 is 1.14 bits per heavy atom. The zero-order valence-electron chi connectivity index (χ0n) is 13.5. The number of piperidine rings is 1. The molecule has 1 atom stereocenters. The molecule has 1 aromatic carbocycles. The van der Waals surface area contributed by atoms with Crippen LogP contribution in [0.25, 0.3) is 0 Å². The lowest BCUT2D eigenvalue weighted by atomic mass is 9.97. The van der Waals surface area contributed by atoms with Crippen molar-refractivity contribution in [3.8, 4) is 11.5 Å². The molecule has 1 aromatic rings. The maximum Gasteiger partial charge on any atom is 0.161 e. The van der Waals surface area contributed by atoms with Crippen LogP contribution in [-0.4, -0.2) is 37.3 Å². The highest BCUT2D eigenvalue weighted by molar-refractivity contribution is 7.99. The number of ether oxygens (including phenoxy) is 2. The molecule has 2 aliphatic heterocycles. The van der Waals surface area contributed by atoms with E-state index in [1.165, 1.54) is 36.3 Å². The molecule has 2 aliphatic rings. The average Bonchev–Trinajstić information content (AvgIpc) is 2.57.